The van der Waals surface area contributed by atoms with Crippen LogP contribution in [0.1, 0.15) is 38.8 Å². The van der Waals surface area contributed by atoms with Crippen molar-refractivity contribution >= 4 is 22.4 Å². The molecule has 1 saturated heterocycles. The van der Waals surface area contributed by atoms with Crippen molar-refractivity contribution in [2.75, 3.05) is 18.5 Å². The average molecular weight is 270 g/mol. The molecular formula is C12H18N2O3S. The van der Waals surface area contributed by atoms with Crippen LogP contribution < -0.4 is 5.32 Å². The molecule has 0 atom stereocenters. The van der Waals surface area contributed by atoms with Gasteiger partial charge in [-0.2, -0.15) is 0 Å². The fourth-order valence-electron chi connectivity index (χ4n) is 1.60. The number of carbonyl (C=O) groups is 1. The molecule has 0 radical (unpaired) electrons. The van der Waals surface area contributed by atoms with E-state index >= 15 is 0 Å². The Balaban J connectivity index is 1.96. The molecule has 1 aromatic heterocycles. The number of aromatic nitrogens is 1. The van der Waals surface area contributed by atoms with E-state index in [2.05, 4.69) is 10.3 Å². The van der Waals surface area contributed by atoms with E-state index in [0.29, 0.717) is 24.8 Å². The molecule has 2 rings (SSSR count). The maximum Gasteiger partial charge on any atom is 0.225 e. The first-order valence-corrected chi connectivity index (χ1v) is 6.91. The number of hydrogen-bond acceptors (Lipinski definition) is 5. The minimum atomic E-state index is -0.508. The molecule has 0 aliphatic carbocycles. The summed E-state index contributed by atoms with van der Waals surface area (Å²) in [4.78, 5) is 15.7. The van der Waals surface area contributed by atoms with Gasteiger partial charge in [-0.1, -0.05) is 6.92 Å². The second-order valence-corrected chi connectivity index (χ2v) is 5.56. The molecule has 2 heterocycles. The molecule has 0 aromatic carbocycles. The quantitative estimate of drug-likeness (QED) is 0.916. The number of anilines is 1. The van der Waals surface area contributed by atoms with Crippen LogP contribution in [0.5, 0.6) is 0 Å². The number of hydrogen-bond donors (Lipinski definition) is 1. The minimum absolute atomic E-state index is 0.0202. The van der Waals surface area contributed by atoms with Gasteiger partial charge in [0.1, 0.15) is 0 Å². The van der Waals surface area contributed by atoms with Gasteiger partial charge in [0.2, 0.25) is 5.91 Å². The van der Waals surface area contributed by atoms with Gasteiger partial charge in [-0.25, -0.2) is 4.98 Å². The second kappa shape index (κ2) is 5.34. The number of amides is 1. The van der Waals surface area contributed by atoms with Crippen LogP contribution >= 0.6 is 11.3 Å². The number of ether oxygens (including phenoxy) is 2. The Bertz CT molecular complexity index is 421. The Hall–Kier alpha value is -0.980. The Labute approximate surface area is 111 Å². The second-order valence-electron chi connectivity index (χ2n) is 4.70. The van der Waals surface area contributed by atoms with Gasteiger partial charge in [0.15, 0.2) is 10.9 Å². The molecule has 18 heavy (non-hydrogen) atoms. The molecule has 0 unspecified atom stereocenters. The van der Waals surface area contributed by atoms with E-state index in [-0.39, 0.29) is 11.8 Å². The minimum Gasteiger partial charge on any atom is -0.350 e. The highest BCUT2D eigenvalue weighted by Gasteiger charge is 2.30. The van der Waals surface area contributed by atoms with Gasteiger partial charge in [0.25, 0.3) is 0 Å². The molecule has 1 amide bonds. The Kier molecular flexibility index (Phi) is 3.99. The molecule has 0 spiro atoms. The van der Waals surface area contributed by atoms with Crippen molar-refractivity contribution in [3.63, 3.8) is 0 Å². The standard InChI is InChI=1S/C12H18N2O3S/c1-4-10(15)14-11-13-9(7-18-11)8-5-16-12(2,3)17-6-8/h7-8H,4-6H2,1-3H3,(H,13,14,15). The van der Waals surface area contributed by atoms with Crippen LogP contribution in [0.4, 0.5) is 5.13 Å². The normalized spacial score (nSPS) is 19.7. The van der Waals surface area contributed by atoms with Crippen LogP contribution in [-0.2, 0) is 14.3 Å². The Morgan fingerprint density at radius 1 is 1.56 bits per heavy atom. The van der Waals surface area contributed by atoms with Crippen molar-refractivity contribution in [2.45, 2.75) is 38.9 Å². The Morgan fingerprint density at radius 2 is 2.22 bits per heavy atom. The zero-order valence-electron chi connectivity index (χ0n) is 10.9. The molecule has 0 bridgehead atoms. The van der Waals surface area contributed by atoms with Crippen LogP contribution in [0.2, 0.25) is 0 Å². The predicted molar refractivity (Wildman–Crippen MR) is 69.8 cm³/mol. The largest absolute Gasteiger partial charge is 0.350 e. The molecule has 1 aliphatic rings. The highest BCUT2D eigenvalue weighted by molar-refractivity contribution is 7.13. The van der Waals surface area contributed by atoms with E-state index in [1.807, 2.05) is 26.2 Å². The van der Waals surface area contributed by atoms with Crippen molar-refractivity contribution in [1.29, 1.82) is 0 Å². The zero-order chi connectivity index (χ0) is 13.2. The lowest BCUT2D eigenvalue weighted by Crippen LogP contribution is -2.38. The van der Waals surface area contributed by atoms with Gasteiger partial charge in [0, 0.05) is 17.7 Å². The smallest absolute Gasteiger partial charge is 0.225 e. The molecule has 1 fully saturated rings. The van der Waals surface area contributed by atoms with Gasteiger partial charge in [-0.05, 0) is 13.8 Å². The molecule has 0 saturated carbocycles. The van der Waals surface area contributed by atoms with Crippen LogP contribution in [0.15, 0.2) is 5.38 Å². The summed E-state index contributed by atoms with van der Waals surface area (Å²) < 4.78 is 11.2. The average Bonchev–Trinajstić information content (AvgIpc) is 2.77. The summed E-state index contributed by atoms with van der Waals surface area (Å²) in [6.07, 6.45) is 0.457. The molecule has 100 valence electrons. The van der Waals surface area contributed by atoms with Crippen molar-refractivity contribution in [3.8, 4) is 0 Å². The molecule has 1 aliphatic heterocycles. The first kappa shape index (κ1) is 13.5. The van der Waals surface area contributed by atoms with E-state index in [4.69, 9.17) is 9.47 Å². The topological polar surface area (TPSA) is 60.5 Å². The van der Waals surface area contributed by atoms with Crippen LogP contribution in [-0.4, -0.2) is 29.9 Å². The number of thiazole rings is 1. The lowest BCUT2D eigenvalue weighted by molar-refractivity contribution is -0.251. The van der Waals surface area contributed by atoms with Gasteiger partial charge >= 0.3 is 0 Å². The monoisotopic (exact) mass is 270 g/mol. The lowest BCUT2D eigenvalue weighted by atomic mass is 10.1. The van der Waals surface area contributed by atoms with E-state index in [1.165, 1.54) is 11.3 Å². The maximum absolute atomic E-state index is 11.3. The van der Waals surface area contributed by atoms with Gasteiger partial charge < -0.3 is 14.8 Å². The molecule has 5 nitrogen and oxygen atoms in total. The SMILES string of the molecule is CCC(=O)Nc1nc(C2COC(C)(C)OC2)cs1. The fourth-order valence-corrected chi connectivity index (χ4v) is 2.41. The highest BCUT2D eigenvalue weighted by atomic mass is 32.1. The first-order chi connectivity index (χ1) is 8.50. The summed E-state index contributed by atoms with van der Waals surface area (Å²) in [6.45, 7) is 6.80. The summed E-state index contributed by atoms with van der Waals surface area (Å²) in [5.41, 5.74) is 0.918. The zero-order valence-corrected chi connectivity index (χ0v) is 11.7. The van der Waals surface area contributed by atoms with Gasteiger partial charge in [-0.15, -0.1) is 11.3 Å². The predicted octanol–water partition coefficient (Wildman–Crippen LogP) is 2.36. The third-order valence-corrected chi connectivity index (χ3v) is 3.55. The van der Waals surface area contributed by atoms with Crippen molar-refractivity contribution in [1.82, 2.24) is 4.98 Å². The van der Waals surface area contributed by atoms with Gasteiger partial charge in [-0.3, -0.25) is 4.79 Å². The highest BCUT2D eigenvalue weighted by Crippen LogP contribution is 2.29. The summed E-state index contributed by atoms with van der Waals surface area (Å²) in [5, 5.41) is 5.34. The van der Waals surface area contributed by atoms with Crippen molar-refractivity contribution in [3.05, 3.63) is 11.1 Å². The third-order valence-electron chi connectivity index (χ3n) is 2.77. The number of nitrogens with one attached hydrogen (secondary N) is 1. The summed E-state index contributed by atoms with van der Waals surface area (Å²) in [7, 11) is 0. The van der Waals surface area contributed by atoms with Crippen molar-refractivity contribution < 1.29 is 14.3 Å². The summed E-state index contributed by atoms with van der Waals surface area (Å²) in [5.74, 6) is -0.388. The first-order valence-electron chi connectivity index (χ1n) is 6.03. The summed E-state index contributed by atoms with van der Waals surface area (Å²) in [6, 6.07) is 0. The number of rotatable bonds is 3. The van der Waals surface area contributed by atoms with Crippen LogP contribution in [0, 0.1) is 0 Å². The lowest BCUT2D eigenvalue weighted by Gasteiger charge is -2.34. The summed E-state index contributed by atoms with van der Waals surface area (Å²) >= 11 is 1.43. The van der Waals surface area contributed by atoms with Crippen LogP contribution in [0.3, 0.4) is 0 Å². The van der Waals surface area contributed by atoms with Crippen molar-refractivity contribution in [2.24, 2.45) is 0 Å². The Morgan fingerprint density at radius 3 is 2.83 bits per heavy atom. The van der Waals surface area contributed by atoms with E-state index < -0.39 is 5.79 Å². The molecule has 1 N–H and O–H groups in total. The maximum atomic E-state index is 11.3. The number of nitrogens with zero attached hydrogens (tertiary/aromatic N) is 1. The molecular weight excluding hydrogens is 252 g/mol. The van der Waals surface area contributed by atoms with E-state index in [1.54, 1.807) is 0 Å². The number of carbonyl (C=O) groups excluding carboxylic acids is 1. The molecule has 1 aromatic rings. The van der Waals surface area contributed by atoms with E-state index in [0.717, 1.165) is 5.69 Å². The van der Waals surface area contributed by atoms with E-state index in [9.17, 15) is 4.79 Å². The third kappa shape index (κ3) is 3.28. The molecule has 6 heteroatoms. The van der Waals surface area contributed by atoms with Crippen LogP contribution in [0.25, 0.3) is 0 Å². The fraction of sp³-hybridized carbons (Fsp3) is 0.667. The van der Waals surface area contributed by atoms with Gasteiger partial charge in [0.05, 0.1) is 18.9 Å².